The minimum absolute atomic E-state index is 0.0727. The summed E-state index contributed by atoms with van der Waals surface area (Å²) in [6, 6.07) is 5.07. The normalized spacial score (nSPS) is 9.38. The van der Waals surface area contributed by atoms with Gasteiger partial charge in [0.25, 0.3) is 0 Å². The fourth-order valence-electron chi connectivity index (χ4n) is 1.11. The minimum atomic E-state index is -0.0727. The van der Waals surface area contributed by atoms with E-state index in [0.29, 0.717) is 16.1 Å². The van der Waals surface area contributed by atoms with Crippen molar-refractivity contribution in [1.29, 1.82) is 5.26 Å². The highest BCUT2D eigenvalue weighted by atomic mass is 35.5. The molecule has 66 valence electrons. The predicted molar refractivity (Wildman–Crippen MR) is 50.9 cm³/mol. The maximum atomic E-state index is 11.1. The molecule has 1 aromatic rings. The molecule has 0 heterocycles. The third-order valence-corrected chi connectivity index (χ3v) is 2.25. The van der Waals surface area contributed by atoms with Gasteiger partial charge in [-0.25, -0.2) is 0 Å². The number of hydrogen-bond donors (Lipinski definition) is 0. The van der Waals surface area contributed by atoms with Gasteiger partial charge in [0.1, 0.15) is 0 Å². The van der Waals surface area contributed by atoms with Crippen LogP contribution in [0.3, 0.4) is 0 Å². The average Bonchev–Trinajstić information content (AvgIpc) is 2.09. The molecule has 0 fully saturated rings. The molecule has 0 spiro atoms. The van der Waals surface area contributed by atoms with Crippen molar-refractivity contribution < 1.29 is 4.79 Å². The SMILES string of the molecule is CC(=O)c1cc(C#N)cc(Cl)c1C. The first-order chi connectivity index (χ1) is 6.06. The molecule has 0 bridgehead atoms. The molecule has 0 aliphatic carbocycles. The Morgan fingerprint density at radius 2 is 2.15 bits per heavy atom. The molecule has 13 heavy (non-hydrogen) atoms. The van der Waals surface area contributed by atoms with Crippen LogP contribution in [0, 0.1) is 18.3 Å². The van der Waals surface area contributed by atoms with E-state index in [2.05, 4.69) is 0 Å². The molecule has 1 aromatic carbocycles. The minimum Gasteiger partial charge on any atom is -0.294 e. The van der Waals surface area contributed by atoms with Crippen LogP contribution in [0.15, 0.2) is 12.1 Å². The summed E-state index contributed by atoms with van der Waals surface area (Å²) in [5.74, 6) is -0.0727. The van der Waals surface area contributed by atoms with Crippen LogP contribution in [0.4, 0.5) is 0 Å². The van der Waals surface area contributed by atoms with Crippen LogP contribution in [-0.2, 0) is 0 Å². The molecular weight excluding hydrogens is 186 g/mol. The van der Waals surface area contributed by atoms with Gasteiger partial charge in [0.15, 0.2) is 5.78 Å². The molecule has 0 saturated heterocycles. The molecule has 0 amide bonds. The molecule has 0 N–H and O–H groups in total. The van der Waals surface area contributed by atoms with Crippen LogP contribution in [0.1, 0.15) is 28.4 Å². The highest BCUT2D eigenvalue weighted by Crippen LogP contribution is 2.21. The lowest BCUT2D eigenvalue weighted by atomic mass is 10.0. The van der Waals surface area contributed by atoms with Crippen molar-refractivity contribution in [3.05, 3.63) is 33.8 Å². The second kappa shape index (κ2) is 3.59. The Morgan fingerprint density at radius 1 is 1.54 bits per heavy atom. The van der Waals surface area contributed by atoms with Crippen molar-refractivity contribution in [3.8, 4) is 6.07 Å². The number of hydrogen-bond acceptors (Lipinski definition) is 2. The molecule has 0 saturated carbocycles. The van der Waals surface area contributed by atoms with Crippen molar-refractivity contribution in [1.82, 2.24) is 0 Å². The Labute approximate surface area is 81.7 Å². The molecule has 1 rings (SSSR count). The van der Waals surface area contributed by atoms with E-state index < -0.39 is 0 Å². The Hall–Kier alpha value is -1.33. The molecule has 0 aromatic heterocycles. The molecule has 2 nitrogen and oxygen atoms in total. The lowest BCUT2D eigenvalue weighted by molar-refractivity contribution is 0.101. The molecule has 0 aliphatic heterocycles. The largest absolute Gasteiger partial charge is 0.294 e. The second-order valence-electron chi connectivity index (χ2n) is 2.80. The van der Waals surface area contributed by atoms with Crippen LogP contribution >= 0.6 is 11.6 Å². The van der Waals surface area contributed by atoms with Crippen LogP contribution in [0.25, 0.3) is 0 Å². The van der Waals surface area contributed by atoms with E-state index in [1.807, 2.05) is 6.07 Å². The number of nitriles is 1. The van der Waals surface area contributed by atoms with Gasteiger partial charge in [0, 0.05) is 10.6 Å². The average molecular weight is 194 g/mol. The number of Topliss-reactive ketones (excluding diaryl/α,β-unsaturated/α-hetero) is 1. The topological polar surface area (TPSA) is 40.9 Å². The first kappa shape index (κ1) is 9.76. The summed E-state index contributed by atoms with van der Waals surface area (Å²) in [5.41, 5.74) is 1.66. The van der Waals surface area contributed by atoms with Crippen molar-refractivity contribution in [2.24, 2.45) is 0 Å². The lowest BCUT2D eigenvalue weighted by Gasteiger charge is -2.04. The van der Waals surface area contributed by atoms with Crippen LogP contribution in [0.2, 0.25) is 5.02 Å². The summed E-state index contributed by atoms with van der Waals surface area (Å²) in [6.07, 6.45) is 0. The van der Waals surface area contributed by atoms with E-state index in [-0.39, 0.29) is 5.78 Å². The quantitative estimate of drug-likeness (QED) is 0.644. The van der Waals surface area contributed by atoms with E-state index in [9.17, 15) is 4.79 Å². The predicted octanol–water partition coefficient (Wildman–Crippen LogP) is 2.72. The van der Waals surface area contributed by atoms with Gasteiger partial charge in [-0.05, 0) is 31.5 Å². The van der Waals surface area contributed by atoms with E-state index in [4.69, 9.17) is 16.9 Å². The molecule has 0 atom stereocenters. The zero-order valence-corrected chi connectivity index (χ0v) is 8.14. The first-order valence-electron chi connectivity index (χ1n) is 3.77. The Balaban J connectivity index is 3.44. The van der Waals surface area contributed by atoms with Gasteiger partial charge < -0.3 is 0 Å². The summed E-state index contributed by atoms with van der Waals surface area (Å²) >= 11 is 5.84. The maximum Gasteiger partial charge on any atom is 0.160 e. The Bertz CT molecular complexity index is 404. The summed E-state index contributed by atoms with van der Waals surface area (Å²) in [5, 5.41) is 9.10. The zero-order chi connectivity index (χ0) is 10.0. The van der Waals surface area contributed by atoms with Gasteiger partial charge in [0.05, 0.1) is 11.6 Å². The summed E-state index contributed by atoms with van der Waals surface area (Å²) in [7, 11) is 0. The number of ketones is 1. The maximum absolute atomic E-state index is 11.1. The van der Waals surface area contributed by atoms with Gasteiger partial charge in [-0.15, -0.1) is 0 Å². The van der Waals surface area contributed by atoms with Gasteiger partial charge in [-0.1, -0.05) is 11.6 Å². The van der Waals surface area contributed by atoms with Gasteiger partial charge in [0.2, 0.25) is 0 Å². The Morgan fingerprint density at radius 3 is 2.62 bits per heavy atom. The fraction of sp³-hybridized carbons (Fsp3) is 0.200. The number of nitrogens with zero attached hydrogens (tertiary/aromatic N) is 1. The van der Waals surface area contributed by atoms with E-state index in [1.165, 1.54) is 6.92 Å². The number of rotatable bonds is 1. The standard InChI is InChI=1S/C10H8ClNO/c1-6-9(7(2)13)3-8(5-12)4-10(6)11/h3-4H,1-2H3. The van der Waals surface area contributed by atoms with Crippen molar-refractivity contribution >= 4 is 17.4 Å². The van der Waals surface area contributed by atoms with Gasteiger partial charge >= 0.3 is 0 Å². The van der Waals surface area contributed by atoms with Crippen molar-refractivity contribution in [3.63, 3.8) is 0 Å². The number of halogens is 1. The highest BCUT2D eigenvalue weighted by molar-refractivity contribution is 6.32. The van der Waals surface area contributed by atoms with E-state index in [0.717, 1.165) is 5.56 Å². The molecule has 0 unspecified atom stereocenters. The van der Waals surface area contributed by atoms with Crippen molar-refractivity contribution in [2.45, 2.75) is 13.8 Å². The van der Waals surface area contributed by atoms with Crippen LogP contribution in [0.5, 0.6) is 0 Å². The van der Waals surface area contributed by atoms with Gasteiger partial charge in [-0.2, -0.15) is 5.26 Å². The van der Waals surface area contributed by atoms with E-state index in [1.54, 1.807) is 19.1 Å². The monoisotopic (exact) mass is 193 g/mol. The van der Waals surface area contributed by atoms with Crippen LogP contribution < -0.4 is 0 Å². The lowest BCUT2D eigenvalue weighted by Crippen LogP contribution is -1.97. The smallest absolute Gasteiger partial charge is 0.160 e. The molecule has 0 radical (unpaired) electrons. The third kappa shape index (κ3) is 1.88. The third-order valence-electron chi connectivity index (χ3n) is 1.85. The number of carbonyl (C=O) groups is 1. The second-order valence-corrected chi connectivity index (χ2v) is 3.21. The van der Waals surface area contributed by atoms with Crippen molar-refractivity contribution in [2.75, 3.05) is 0 Å². The highest BCUT2D eigenvalue weighted by Gasteiger charge is 2.08. The molecule has 3 heteroatoms. The summed E-state index contributed by atoms with van der Waals surface area (Å²) in [4.78, 5) is 11.1. The van der Waals surface area contributed by atoms with Gasteiger partial charge in [-0.3, -0.25) is 4.79 Å². The summed E-state index contributed by atoms with van der Waals surface area (Å²) in [6.45, 7) is 3.22. The number of benzene rings is 1. The van der Waals surface area contributed by atoms with Crippen LogP contribution in [-0.4, -0.2) is 5.78 Å². The first-order valence-corrected chi connectivity index (χ1v) is 4.15. The number of carbonyl (C=O) groups excluding carboxylic acids is 1. The molecule has 0 aliphatic rings. The fourth-order valence-corrected chi connectivity index (χ4v) is 1.33. The van der Waals surface area contributed by atoms with E-state index >= 15 is 0 Å². The summed E-state index contributed by atoms with van der Waals surface area (Å²) < 4.78 is 0. The molecular formula is C10H8ClNO. The zero-order valence-electron chi connectivity index (χ0n) is 7.39. The Kier molecular flexibility index (Phi) is 2.69.